The molecule has 1 aromatic carbocycles. The number of nitrogens with one attached hydrogen (secondary N) is 1. The molecule has 1 aliphatic rings. The van der Waals surface area contributed by atoms with Crippen molar-refractivity contribution in [3.63, 3.8) is 0 Å². The molecule has 0 amide bonds. The van der Waals surface area contributed by atoms with Gasteiger partial charge in [-0.2, -0.15) is 5.10 Å². The van der Waals surface area contributed by atoms with Crippen LogP contribution in [0.1, 0.15) is 10.4 Å². The molecule has 118 valence electrons. The first-order valence-corrected chi connectivity index (χ1v) is 6.97. The van der Waals surface area contributed by atoms with Crippen LogP contribution in [-0.2, 0) is 9.53 Å². The monoisotopic (exact) mass is 312 g/mol. The van der Waals surface area contributed by atoms with E-state index in [0.717, 1.165) is 10.9 Å². The van der Waals surface area contributed by atoms with Crippen molar-refractivity contribution in [3.8, 4) is 0 Å². The van der Waals surface area contributed by atoms with Gasteiger partial charge in [-0.3, -0.25) is 9.89 Å². The second kappa shape index (κ2) is 5.45. The number of ketones is 1. The maximum atomic E-state index is 12.8. The van der Waals surface area contributed by atoms with E-state index in [1.165, 1.54) is 25.3 Å². The fourth-order valence-corrected chi connectivity index (χ4v) is 2.53. The van der Waals surface area contributed by atoms with Crippen LogP contribution in [0.3, 0.4) is 0 Å². The lowest BCUT2D eigenvalue weighted by molar-refractivity contribution is -0.135. The van der Waals surface area contributed by atoms with Crippen molar-refractivity contribution in [3.05, 3.63) is 53.8 Å². The van der Waals surface area contributed by atoms with Crippen LogP contribution < -0.4 is 11.5 Å². The summed E-state index contributed by atoms with van der Waals surface area (Å²) < 4.78 is 4.64. The zero-order chi connectivity index (χ0) is 16.6. The Labute approximate surface area is 132 Å². The fourth-order valence-electron chi connectivity index (χ4n) is 2.53. The molecule has 7 nitrogen and oxygen atoms in total. The Kier molecular flexibility index (Phi) is 3.59. The first kappa shape index (κ1) is 15.1. The number of Topliss-reactive ketones (excluding diaryl/α,β-unsaturated/α-hetero) is 1. The third-order valence-electron chi connectivity index (χ3n) is 3.97. The van der Waals surface area contributed by atoms with E-state index < -0.39 is 17.6 Å². The molecule has 1 aliphatic carbocycles. The largest absolute Gasteiger partial charge is 0.465 e. The maximum Gasteiger partial charge on any atom is 0.337 e. The van der Waals surface area contributed by atoms with Crippen LogP contribution >= 0.6 is 0 Å². The quantitative estimate of drug-likeness (QED) is 0.558. The lowest BCUT2D eigenvalue weighted by atomic mass is 9.79. The molecule has 5 N–H and O–H groups in total. The van der Waals surface area contributed by atoms with Gasteiger partial charge in [0.25, 0.3) is 0 Å². The van der Waals surface area contributed by atoms with Gasteiger partial charge >= 0.3 is 5.97 Å². The number of aromatic amines is 1. The van der Waals surface area contributed by atoms with Crippen LogP contribution in [-0.4, -0.2) is 40.6 Å². The predicted molar refractivity (Wildman–Crippen MR) is 84.6 cm³/mol. The number of hydrogen-bond acceptors (Lipinski definition) is 6. The summed E-state index contributed by atoms with van der Waals surface area (Å²) in [6.07, 6.45) is 6.02. The SMILES string of the molecule is COC(=O)C1=CC(N)C(N)(C(=O)c2ccc3cn[nH]c3c2)C=C1. The Morgan fingerprint density at radius 2 is 2.17 bits per heavy atom. The van der Waals surface area contributed by atoms with Crippen molar-refractivity contribution in [2.24, 2.45) is 11.5 Å². The van der Waals surface area contributed by atoms with Crippen molar-refractivity contribution in [2.45, 2.75) is 11.6 Å². The Bertz CT molecular complexity index is 852. The van der Waals surface area contributed by atoms with Crippen molar-refractivity contribution < 1.29 is 14.3 Å². The molecule has 23 heavy (non-hydrogen) atoms. The Balaban J connectivity index is 1.94. The number of ether oxygens (including phenoxy) is 1. The van der Waals surface area contributed by atoms with Gasteiger partial charge in [-0.25, -0.2) is 4.79 Å². The highest BCUT2D eigenvalue weighted by atomic mass is 16.5. The van der Waals surface area contributed by atoms with Gasteiger partial charge in [0.2, 0.25) is 0 Å². The maximum absolute atomic E-state index is 12.8. The average molecular weight is 312 g/mol. The van der Waals surface area contributed by atoms with Gasteiger partial charge in [-0.15, -0.1) is 0 Å². The molecule has 1 aromatic heterocycles. The average Bonchev–Trinajstić information content (AvgIpc) is 3.03. The zero-order valence-corrected chi connectivity index (χ0v) is 12.4. The van der Waals surface area contributed by atoms with Gasteiger partial charge in [0.15, 0.2) is 5.78 Å². The number of H-pyrrole nitrogens is 1. The van der Waals surface area contributed by atoms with Crippen LogP contribution in [0.5, 0.6) is 0 Å². The molecule has 2 aromatic rings. The minimum Gasteiger partial charge on any atom is -0.465 e. The number of fused-ring (bicyclic) bond motifs is 1. The minimum absolute atomic E-state index is 0.276. The second-order valence-corrected chi connectivity index (χ2v) is 5.41. The van der Waals surface area contributed by atoms with E-state index in [9.17, 15) is 9.59 Å². The first-order chi connectivity index (χ1) is 11.0. The van der Waals surface area contributed by atoms with Gasteiger partial charge in [0, 0.05) is 10.9 Å². The van der Waals surface area contributed by atoms with Crippen molar-refractivity contribution in [2.75, 3.05) is 7.11 Å². The number of nitrogens with zero attached hydrogens (tertiary/aromatic N) is 1. The highest BCUT2D eigenvalue weighted by Crippen LogP contribution is 2.24. The zero-order valence-electron chi connectivity index (χ0n) is 12.4. The van der Waals surface area contributed by atoms with E-state index in [1.54, 1.807) is 24.4 Å². The number of carbonyl (C=O) groups excluding carboxylic acids is 2. The molecule has 1 heterocycles. The molecule has 0 fully saturated rings. The Morgan fingerprint density at radius 1 is 1.39 bits per heavy atom. The predicted octanol–water partition coefficient (Wildman–Crippen LogP) is 0.440. The van der Waals surface area contributed by atoms with E-state index in [4.69, 9.17) is 11.5 Å². The Morgan fingerprint density at radius 3 is 2.87 bits per heavy atom. The van der Waals surface area contributed by atoms with Gasteiger partial charge < -0.3 is 16.2 Å². The number of carbonyl (C=O) groups is 2. The van der Waals surface area contributed by atoms with Crippen LogP contribution in [0, 0.1) is 0 Å². The molecule has 0 aliphatic heterocycles. The normalized spacial score (nSPS) is 23.6. The summed E-state index contributed by atoms with van der Waals surface area (Å²) in [6, 6.07) is 4.30. The van der Waals surface area contributed by atoms with Crippen LogP contribution in [0.15, 0.2) is 48.2 Å². The van der Waals surface area contributed by atoms with E-state index in [2.05, 4.69) is 14.9 Å². The van der Waals surface area contributed by atoms with E-state index in [-0.39, 0.29) is 11.4 Å². The molecule has 2 atom stereocenters. The summed E-state index contributed by atoms with van der Waals surface area (Å²) in [5.41, 5.74) is 12.2. The molecule has 0 spiro atoms. The minimum atomic E-state index is -1.43. The summed E-state index contributed by atoms with van der Waals surface area (Å²) in [7, 11) is 1.28. The molecular weight excluding hydrogens is 296 g/mol. The lowest BCUT2D eigenvalue weighted by Gasteiger charge is -2.32. The lowest BCUT2D eigenvalue weighted by Crippen LogP contribution is -2.59. The summed E-state index contributed by atoms with van der Waals surface area (Å²) in [6.45, 7) is 0. The second-order valence-electron chi connectivity index (χ2n) is 5.41. The number of rotatable bonds is 3. The molecule has 3 rings (SSSR count). The van der Waals surface area contributed by atoms with Crippen LogP contribution in [0.25, 0.3) is 10.9 Å². The van der Waals surface area contributed by atoms with E-state index >= 15 is 0 Å². The molecule has 0 saturated heterocycles. The van der Waals surface area contributed by atoms with E-state index in [0.29, 0.717) is 5.56 Å². The third kappa shape index (κ3) is 2.45. The summed E-state index contributed by atoms with van der Waals surface area (Å²) in [4.78, 5) is 24.4. The summed E-state index contributed by atoms with van der Waals surface area (Å²) in [5.74, 6) is -0.858. The van der Waals surface area contributed by atoms with Crippen molar-refractivity contribution in [1.29, 1.82) is 0 Å². The van der Waals surface area contributed by atoms with Gasteiger partial charge in [0.05, 0.1) is 30.4 Å². The summed E-state index contributed by atoms with van der Waals surface area (Å²) in [5, 5.41) is 7.62. The van der Waals surface area contributed by atoms with Gasteiger partial charge in [-0.05, 0) is 12.1 Å². The topological polar surface area (TPSA) is 124 Å². The van der Waals surface area contributed by atoms with Gasteiger partial charge in [-0.1, -0.05) is 24.3 Å². The molecule has 0 bridgehead atoms. The van der Waals surface area contributed by atoms with E-state index in [1.807, 2.05) is 0 Å². The highest BCUT2D eigenvalue weighted by molar-refractivity contribution is 6.08. The highest BCUT2D eigenvalue weighted by Gasteiger charge is 2.40. The molecule has 2 unspecified atom stereocenters. The summed E-state index contributed by atoms with van der Waals surface area (Å²) >= 11 is 0. The number of nitrogens with two attached hydrogens (primary N) is 2. The first-order valence-electron chi connectivity index (χ1n) is 6.97. The van der Waals surface area contributed by atoms with Crippen LogP contribution in [0.2, 0.25) is 0 Å². The number of methoxy groups -OCH3 is 1. The molecule has 0 radical (unpaired) electrons. The van der Waals surface area contributed by atoms with Crippen molar-refractivity contribution in [1.82, 2.24) is 10.2 Å². The van der Waals surface area contributed by atoms with Crippen molar-refractivity contribution >= 4 is 22.7 Å². The van der Waals surface area contributed by atoms with Gasteiger partial charge in [0.1, 0.15) is 5.54 Å². The molecular formula is C16H16N4O3. The third-order valence-corrected chi connectivity index (χ3v) is 3.97. The number of benzene rings is 1. The molecule has 7 heteroatoms. The standard InChI is InChI=1S/C16H16N4O3/c1-23-15(22)10-4-5-16(18,13(17)7-10)14(21)9-2-3-11-8-19-20-12(11)6-9/h2-8,13H,17-18H2,1H3,(H,19,20). The number of esters is 1. The number of aromatic nitrogens is 2. The number of hydrogen-bond donors (Lipinski definition) is 3. The Hall–Kier alpha value is -2.77. The molecule has 0 saturated carbocycles. The smallest absolute Gasteiger partial charge is 0.337 e. The fraction of sp³-hybridized carbons (Fsp3) is 0.188. The van der Waals surface area contributed by atoms with Crippen LogP contribution in [0.4, 0.5) is 0 Å².